The Morgan fingerprint density at radius 3 is 2.86 bits per heavy atom. The van der Waals surface area contributed by atoms with E-state index in [1.807, 2.05) is 24.4 Å². The number of carbonyl (C=O) groups is 1. The van der Waals surface area contributed by atoms with Crippen molar-refractivity contribution < 1.29 is 14.3 Å². The van der Waals surface area contributed by atoms with E-state index in [0.29, 0.717) is 19.8 Å². The number of rotatable bonds is 4. The third-order valence-corrected chi connectivity index (χ3v) is 3.88. The Labute approximate surface area is 124 Å². The summed E-state index contributed by atoms with van der Waals surface area (Å²) in [5.74, 6) is 0.861. The van der Waals surface area contributed by atoms with Crippen LogP contribution >= 0.6 is 0 Å². The van der Waals surface area contributed by atoms with Gasteiger partial charge in [0.1, 0.15) is 11.9 Å². The van der Waals surface area contributed by atoms with Gasteiger partial charge in [-0.25, -0.2) is 4.98 Å². The molecule has 0 amide bonds. The minimum Gasteiger partial charge on any atom is -0.459 e. The first-order valence-electron chi connectivity index (χ1n) is 7.47. The predicted octanol–water partition coefficient (Wildman–Crippen LogP) is 0.536. The van der Waals surface area contributed by atoms with E-state index in [2.05, 4.69) is 14.8 Å². The van der Waals surface area contributed by atoms with Crippen molar-refractivity contribution in [1.82, 2.24) is 9.88 Å². The number of hydrogen-bond acceptors (Lipinski definition) is 6. The maximum atomic E-state index is 11.9. The Bertz CT molecular complexity index is 454. The van der Waals surface area contributed by atoms with Crippen molar-refractivity contribution in [2.24, 2.45) is 0 Å². The second kappa shape index (κ2) is 6.87. The molecule has 114 valence electrons. The molecule has 0 aliphatic carbocycles. The summed E-state index contributed by atoms with van der Waals surface area (Å²) in [5, 5.41) is 0. The van der Waals surface area contributed by atoms with E-state index in [1.165, 1.54) is 0 Å². The number of pyridine rings is 1. The highest BCUT2D eigenvalue weighted by Gasteiger charge is 2.23. The van der Waals surface area contributed by atoms with E-state index < -0.39 is 0 Å². The lowest BCUT2D eigenvalue weighted by Gasteiger charge is -2.34. The lowest BCUT2D eigenvalue weighted by Crippen LogP contribution is -2.48. The zero-order valence-corrected chi connectivity index (χ0v) is 12.1. The molecule has 0 radical (unpaired) electrons. The maximum Gasteiger partial charge on any atom is 0.320 e. The zero-order valence-electron chi connectivity index (χ0n) is 12.1. The molecule has 0 aromatic carbocycles. The van der Waals surface area contributed by atoms with E-state index in [0.717, 1.165) is 38.4 Å². The molecule has 21 heavy (non-hydrogen) atoms. The number of esters is 1. The molecule has 1 aromatic rings. The third-order valence-electron chi connectivity index (χ3n) is 3.88. The topological polar surface area (TPSA) is 54.9 Å². The molecule has 0 N–H and O–H groups in total. The number of aromatic nitrogens is 1. The fourth-order valence-electron chi connectivity index (χ4n) is 2.69. The molecular weight excluding hydrogens is 270 g/mol. The standard InChI is InChI=1S/C15H21N3O3/c19-15(21-13-4-10-20-12-13)11-17-6-8-18(9-7-17)14-3-1-2-5-16-14/h1-3,5,13H,4,6-12H2/t13-/m1/s1. The molecule has 0 spiro atoms. The third kappa shape index (κ3) is 3.92. The molecule has 2 aliphatic rings. The summed E-state index contributed by atoms with van der Waals surface area (Å²) in [5.41, 5.74) is 0. The molecule has 3 heterocycles. The average molecular weight is 291 g/mol. The average Bonchev–Trinajstić information content (AvgIpc) is 3.02. The highest BCUT2D eigenvalue weighted by atomic mass is 16.6. The van der Waals surface area contributed by atoms with E-state index in [4.69, 9.17) is 9.47 Å². The van der Waals surface area contributed by atoms with Crippen molar-refractivity contribution in [1.29, 1.82) is 0 Å². The van der Waals surface area contributed by atoms with Crippen molar-refractivity contribution in [2.75, 3.05) is 50.8 Å². The molecule has 1 aromatic heterocycles. The SMILES string of the molecule is O=C(CN1CCN(c2ccccn2)CC1)O[C@@H]1CCOC1. The van der Waals surface area contributed by atoms with E-state index >= 15 is 0 Å². The Morgan fingerprint density at radius 2 is 2.19 bits per heavy atom. The van der Waals surface area contributed by atoms with Crippen LogP contribution in [0.15, 0.2) is 24.4 Å². The van der Waals surface area contributed by atoms with Gasteiger partial charge in [0.2, 0.25) is 0 Å². The summed E-state index contributed by atoms with van der Waals surface area (Å²) in [6, 6.07) is 5.93. The molecule has 3 rings (SSSR count). The fourth-order valence-corrected chi connectivity index (χ4v) is 2.69. The number of carbonyl (C=O) groups excluding carboxylic acids is 1. The Balaban J connectivity index is 1.42. The van der Waals surface area contributed by atoms with Crippen LogP contribution < -0.4 is 4.90 Å². The van der Waals surface area contributed by atoms with Gasteiger partial charge in [0.25, 0.3) is 0 Å². The summed E-state index contributed by atoms with van der Waals surface area (Å²) in [7, 11) is 0. The Morgan fingerprint density at radius 1 is 1.33 bits per heavy atom. The Kier molecular flexibility index (Phi) is 4.67. The van der Waals surface area contributed by atoms with Crippen LogP contribution in [0.3, 0.4) is 0 Å². The molecular formula is C15H21N3O3. The summed E-state index contributed by atoms with van der Waals surface area (Å²) in [4.78, 5) is 20.6. The van der Waals surface area contributed by atoms with Gasteiger partial charge < -0.3 is 14.4 Å². The lowest BCUT2D eigenvalue weighted by molar-refractivity contribution is -0.150. The first-order valence-corrected chi connectivity index (χ1v) is 7.47. The minimum atomic E-state index is -0.142. The number of ether oxygens (including phenoxy) is 2. The van der Waals surface area contributed by atoms with Crippen LogP contribution in [0.2, 0.25) is 0 Å². The second-order valence-corrected chi connectivity index (χ2v) is 5.43. The van der Waals surface area contributed by atoms with Gasteiger partial charge >= 0.3 is 5.97 Å². The quantitative estimate of drug-likeness (QED) is 0.755. The van der Waals surface area contributed by atoms with Gasteiger partial charge in [-0.2, -0.15) is 0 Å². The zero-order chi connectivity index (χ0) is 14.5. The van der Waals surface area contributed by atoms with Crippen molar-refractivity contribution in [3.63, 3.8) is 0 Å². The van der Waals surface area contributed by atoms with Gasteiger partial charge in [-0.05, 0) is 12.1 Å². The summed E-state index contributed by atoms with van der Waals surface area (Å²) < 4.78 is 10.6. The van der Waals surface area contributed by atoms with Crippen LogP contribution in [-0.2, 0) is 14.3 Å². The molecule has 2 fully saturated rings. The van der Waals surface area contributed by atoms with Gasteiger partial charge in [-0.1, -0.05) is 6.07 Å². The van der Waals surface area contributed by atoms with Crippen LogP contribution in [0.5, 0.6) is 0 Å². The highest BCUT2D eigenvalue weighted by molar-refractivity contribution is 5.72. The Hall–Kier alpha value is -1.66. The predicted molar refractivity (Wildman–Crippen MR) is 78.2 cm³/mol. The monoisotopic (exact) mass is 291 g/mol. The molecule has 6 nitrogen and oxygen atoms in total. The lowest BCUT2D eigenvalue weighted by atomic mass is 10.3. The first-order chi connectivity index (χ1) is 10.3. The summed E-state index contributed by atoms with van der Waals surface area (Å²) >= 11 is 0. The van der Waals surface area contributed by atoms with Gasteiger partial charge in [-0.15, -0.1) is 0 Å². The number of piperazine rings is 1. The second-order valence-electron chi connectivity index (χ2n) is 5.43. The highest BCUT2D eigenvalue weighted by Crippen LogP contribution is 2.13. The maximum absolute atomic E-state index is 11.9. The smallest absolute Gasteiger partial charge is 0.320 e. The summed E-state index contributed by atoms with van der Waals surface area (Å²) in [6.07, 6.45) is 2.58. The van der Waals surface area contributed by atoms with Gasteiger partial charge in [0.05, 0.1) is 19.8 Å². The molecule has 2 aliphatic heterocycles. The fraction of sp³-hybridized carbons (Fsp3) is 0.600. The number of anilines is 1. The van der Waals surface area contributed by atoms with Crippen LogP contribution in [0, 0.1) is 0 Å². The molecule has 1 atom stereocenters. The molecule has 0 unspecified atom stereocenters. The molecule has 2 saturated heterocycles. The van der Waals surface area contributed by atoms with Crippen LogP contribution in [0.25, 0.3) is 0 Å². The van der Waals surface area contributed by atoms with Crippen LogP contribution in [-0.4, -0.2) is 67.9 Å². The number of hydrogen-bond donors (Lipinski definition) is 0. The summed E-state index contributed by atoms with van der Waals surface area (Å²) in [6.45, 7) is 5.08. The van der Waals surface area contributed by atoms with Crippen molar-refractivity contribution in [3.05, 3.63) is 24.4 Å². The van der Waals surface area contributed by atoms with E-state index in [-0.39, 0.29) is 12.1 Å². The van der Waals surface area contributed by atoms with Crippen molar-refractivity contribution in [2.45, 2.75) is 12.5 Å². The van der Waals surface area contributed by atoms with Crippen LogP contribution in [0.4, 0.5) is 5.82 Å². The number of nitrogens with zero attached hydrogens (tertiary/aromatic N) is 3. The molecule has 0 bridgehead atoms. The van der Waals surface area contributed by atoms with Crippen LogP contribution in [0.1, 0.15) is 6.42 Å². The first kappa shape index (κ1) is 14.3. The minimum absolute atomic E-state index is 0.0488. The van der Waals surface area contributed by atoms with Gasteiger partial charge in [-0.3, -0.25) is 9.69 Å². The largest absolute Gasteiger partial charge is 0.459 e. The molecule has 6 heteroatoms. The van der Waals surface area contributed by atoms with Gasteiger partial charge in [0.15, 0.2) is 0 Å². The normalized spacial score (nSPS) is 23.2. The van der Waals surface area contributed by atoms with Crippen molar-refractivity contribution in [3.8, 4) is 0 Å². The van der Waals surface area contributed by atoms with Gasteiger partial charge in [0, 0.05) is 38.8 Å². The van der Waals surface area contributed by atoms with E-state index in [9.17, 15) is 4.79 Å². The van der Waals surface area contributed by atoms with E-state index in [1.54, 1.807) is 0 Å². The van der Waals surface area contributed by atoms with Crippen molar-refractivity contribution >= 4 is 11.8 Å². The molecule has 0 saturated carbocycles.